The van der Waals surface area contributed by atoms with Crippen molar-refractivity contribution in [3.8, 4) is 11.4 Å². The molecule has 0 bridgehead atoms. The number of aromatic nitrogens is 4. The Morgan fingerprint density at radius 3 is 2.35 bits per heavy atom. The van der Waals surface area contributed by atoms with Gasteiger partial charge in [-0.3, -0.25) is 14.8 Å². The van der Waals surface area contributed by atoms with Crippen LogP contribution >= 0.6 is 0 Å². The van der Waals surface area contributed by atoms with Gasteiger partial charge in [-0.05, 0) is 28.3 Å². The highest BCUT2D eigenvalue weighted by Gasteiger charge is 2.67. The molecular formula is C21H24N4O. The molecule has 5 nitrogen and oxygen atoms in total. The Labute approximate surface area is 153 Å². The minimum absolute atomic E-state index is 0.0670. The Morgan fingerprint density at radius 1 is 1.04 bits per heavy atom. The van der Waals surface area contributed by atoms with Gasteiger partial charge in [-0.25, -0.2) is 4.98 Å². The van der Waals surface area contributed by atoms with Crippen LogP contribution in [0.4, 0.5) is 0 Å². The monoisotopic (exact) mass is 348 g/mol. The maximum Gasteiger partial charge on any atom is 0.143 e. The van der Waals surface area contributed by atoms with E-state index in [2.05, 4.69) is 42.6 Å². The van der Waals surface area contributed by atoms with Gasteiger partial charge in [-0.15, -0.1) is 0 Å². The van der Waals surface area contributed by atoms with Gasteiger partial charge in [0.2, 0.25) is 0 Å². The summed E-state index contributed by atoms with van der Waals surface area (Å²) in [7, 11) is 1.95. The summed E-state index contributed by atoms with van der Waals surface area (Å²) in [5, 5.41) is 2.02. The summed E-state index contributed by atoms with van der Waals surface area (Å²) in [5.74, 6) is 0.391. The Morgan fingerprint density at radius 2 is 1.73 bits per heavy atom. The number of imidazole rings is 1. The van der Waals surface area contributed by atoms with Gasteiger partial charge < -0.3 is 4.57 Å². The van der Waals surface area contributed by atoms with Crippen molar-refractivity contribution in [2.24, 2.45) is 23.8 Å². The molecule has 4 rings (SSSR count). The second-order valence-electron chi connectivity index (χ2n) is 8.50. The number of carbonyl (C=O) groups is 1. The molecule has 3 aromatic heterocycles. The molecule has 0 aromatic carbocycles. The van der Waals surface area contributed by atoms with Crippen LogP contribution in [0, 0.1) is 16.7 Å². The standard InChI is InChI=1S/C21H24N4O/c1-20(2)19(21(20,3)4)18(26)8-15-6-13-7-16(17-11-22-12-25(17)5)24-10-14(13)9-23-15/h6-7,9-12,19H,8H2,1-5H3. The van der Waals surface area contributed by atoms with Crippen LogP contribution in [0.3, 0.4) is 0 Å². The molecule has 0 saturated heterocycles. The summed E-state index contributed by atoms with van der Waals surface area (Å²) in [6.45, 7) is 8.70. The van der Waals surface area contributed by atoms with Crippen LogP contribution in [0.5, 0.6) is 0 Å². The van der Waals surface area contributed by atoms with Crippen molar-refractivity contribution in [3.05, 3.63) is 42.7 Å². The third kappa shape index (κ3) is 2.45. The van der Waals surface area contributed by atoms with Crippen molar-refractivity contribution >= 4 is 16.6 Å². The van der Waals surface area contributed by atoms with Crippen LogP contribution in [0.2, 0.25) is 0 Å². The molecule has 3 heterocycles. The summed E-state index contributed by atoms with van der Waals surface area (Å²) >= 11 is 0. The number of aryl methyl sites for hydroxylation is 1. The zero-order chi connectivity index (χ0) is 18.7. The van der Waals surface area contributed by atoms with Crippen molar-refractivity contribution < 1.29 is 4.79 Å². The van der Waals surface area contributed by atoms with E-state index >= 15 is 0 Å². The SMILES string of the molecule is Cn1cncc1-c1cc2cc(CC(=O)C3C(C)(C)C3(C)C)ncc2cn1. The smallest absolute Gasteiger partial charge is 0.143 e. The van der Waals surface area contributed by atoms with E-state index < -0.39 is 0 Å². The van der Waals surface area contributed by atoms with E-state index in [0.717, 1.165) is 27.9 Å². The van der Waals surface area contributed by atoms with Gasteiger partial charge in [0.15, 0.2) is 0 Å². The molecule has 26 heavy (non-hydrogen) atoms. The maximum absolute atomic E-state index is 12.8. The molecular weight excluding hydrogens is 324 g/mol. The van der Waals surface area contributed by atoms with E-state index in [4.69, 9.17) is 0 Å². The van der Waals surface area contributed by atoms with E-state index in [0.29, 0.717) is 6.42 Å². The molecule has 3 aromatic rings. The lowest BCUT2D eigenvalue weighted by Gasteiger charge is -2.06. The molecule has 1 saturated carbocycles. The summed E-state index contributed by atoms with van der Waals surface area (Å²) in [4.78, 5) is 25.9. The summed E-state index contributed by atoms with van der Waals surface area (Å²) in [6.07, 6.45) is 7.58. The Kier molecular flexibility index (Phi) is 3.55. The molecule has 0 aliphatic heterocycles. The van der Waals surface area contributed by atoms with E-state index in [1.165, 1.54) is 0 Å². The zero-order valence-corrected chi connectivity index (χ0v) is 15.9. The molecule has 0 atom stereocenters. The number of nitrogens with zero attached hydrogens (tertiary/aromatic N) is 4. The second-order valence-corrected chi connectivity index (χ2v) is 8.50. The molecule has 0 amide bonds. The Bertz CT molecular complexity index is 1000. The minimum Gasteiger partial charge on any atom is -0.332 e. The quantitative estimate of drug-likeness (QED) is 0.719. The zero-order valence-electron chi connectivity index (χ0n) is 15.9. The molecule has 5 heteroatoms. The first-order valence-corrected chi connectivity index (χ1v) is 8.96. The number of Topliss-reactive ketones (excluding diaryl/α,β-unsaturated/α-hetero) is 1. The summed E-state index contributed by atoms with van der Waals surface area (Å²) in [6, 6.07) is 4.05. The second kappa shape index (κ2) is 5.47. The van der Waals surface area contributed by atoms with Crippen LogP contribution in [0.1, 0.15) is 33.4 Å². The van der Waals surface area contributed by atoms with E-state index in [1.807, 2.05) is 29.9 Å². The topological polar surface area (TPSA) is 60.7 Å². The molecule has 0 unspecified atom stereocenters. The summed E-state index contributed by atoms with van der Waals surface area (Å²) in [5.41, 5.74) is 2.78. The van der Waals surface area contributed by atoms with Crippen molar-refractivity contribution in [2.45, 2.75) is 34.1 Å². The maximum atomic E-state index is 12.8. The number of ketones is 1. The molecule has 134 valence electrons. The highest BCUT2D eigenvalue weighted by Crippen LogP contribution is 2.68. The average Bonchev–Trinajstić information content (AvgIpc) is 2.86. The third-order valence-corrected chi connectivity index (χ3v) is 6.44. The first-order chi connectivity index (χ1) is 12.2. The van der Waals surface area contributed by atoms with E-state index in [1.54, 1.807) is 18.7 Å². The lowest BCUT2D eigenvalue weighted by Crippen LogP contribution is -2.11. The molecule has 1 fully saturated rings. The number of carbonyl (C=O) groups excluding carboxylic acids is 1. The van der Waals surface area contributed by atoms with Gasteiger partial charge in [-0.1, -0.05) is 27.7 Å². The van der Waals surface area contributed by atoms with Crippen LogP contribution in [0.25, 0.3) is 22.2 Å². The van der Waals surface area contributed by atoms with Crippen LogP contribution in [-0.2, 0) is 18.3 Å². The predicted molar refractivity (Wildman–Crippen MR) is 102 cm³/mol. The fourth-order valence-corrected chi connectivity index (χ4v) is 4.21. The lowest BCUT2D eigenvalue weighted by atomic mass is 10.0. The number of fused-ring (bicyclic) bond motifs is 1. The number of hydrogen-bond acceptors (Lipinski definition) is 4. The van der Waals surface area contributed by atoms with Crippen molar-refractivity contribution in [1.29, 1.82) is 0 Å². The molecule has 1 aliphatic rings. The van der Waals surface area contributed by atoms with Crippen molar-refractivity contribution in [3.63, 3.8) is 0 Å². The fraction of sp³-hybridized carbons (Fsp3) is 0.429. The number of rotatable bonds is 4. The molecule has 0 spiro atoms. The third-order valence-electron chi connectivity index (χ3n) is 6.44. The van der Waals surface area contributed by atoms with E-state index in [-0.39, 0.29) is 22.5 Å². The predicted octanol–water partition coefficient (Wildman–Crippen LogP) is 3.82. The molecule has 1 aliphatic carbocycles. The average molecular weight is 348 g/mol. The van der Waals surface area contributed by atoms with Gasteiger partial charge in [0.05, 0.1) is 23.9 Å². The van der Waals surface area contributed by atoms with Gasteiger partial charge in [0, 0.05) is 42.9 Å². The first-order valence-electron chi connectivity index (χ1n) is 8.96. The largest absolute Gasteiger partial charge is 0.332 e. The molecule has 0 N–H and O–H groups in total. The van der Waals surface area contributed by atoms with Gasteiger partial charge in [-0.2, -0.15) is 0 Å². The normalized spacial score (nSPS) is 18.2. The summed E-state index contributed by atoms with van der Waals surface area (Å²) < 4.78 is 1.94. The van der Waals surface area contributed by atoms with Crippen LogP contribution in [0.15, 0.2) is 37.1 Å². The lowest BCUT2D eigenvalue weighted by molar-refractivity contribution is -0.120. The van der Waals surface area contributed by atoms with E-state index in [9.17, 15) is 4.79 Å². The number of pyridine rings is 2. The highest BCUT2D eigenvalue weighted by molar-refractivity contribution is 5.89. The van der Waals surface area contributed by atoms with Crippen molar-refractivity contribution in [1.82, 2.24) is 19.5 Å². The fourth-order valence-electron chi connectivity index (χ4n) is 4.21. The Balaban J connectivity index is 1.63. The van der Waals surface area contributed by atoms with Gasteiger partial charge in [0.1, 0.15) is 5.78 Å². The minimum atomic E-state index is 0.0670. The van der Waals surface area contributed by atoms with Crippen molar-refractivity contribution in [2.75, 3.05) is 0 Å². The van der Waals surface area contributed by atoms with Crippen LogP contribution < -0.4 is 0 Å². The molecule has 0 radical (unpaired) electrons. The van der Waals surface area contributed by atoms with Crippen LogP contribution in [-0.4, -0.2) is 25.3 Å². The number of hydrogen-bond donors (Lipinski definition) is 0. The first kappa shape index (κ1) is 16.9. The highest BCUT2D eigenvalue weighted by atomic mass is 16.1. The van der Waals surface area contributed by atoms with Gasteiger partial charge in [0.25, 0.3) is 0 Å². The Hall–Kier alpha value is -2.56. The van der Waals surface area contributed by atoms with Gasteiger partial charge >= 0.3 is 0 Å².